The number of phosphoric acid groups is 1. The Hall–Kier alpha value is 1.11. The van der Waals surface area contributed by atoms with Crippen LogP contribution in [0.25, 0.3) is 0 Å². The third-order valence-electron chi connectivity index (χ3n) is 11.1. The van der Waals surface area contributed by atoms with Gasteiger partial charge in [0.15, 0.2) is 0 Å². The first-order valence-electron chi connectivity index (χ1n) is 13.7. The van der Waals surface area contributed by atoms with Crippen molar-refractivity contribution in [3.8, 4) is 0 Å². The van der Waals surface area contributed by atoms with Crippen LogP contribution in [0.15, 0.2) is 0 Å². The van der Waals surface area contributed by atoms with Gasteiger partial charge in [0.25, 0.3) is 7.82 Å². The molecule has 186 valence electrons. The molecule has 0 aromatic carbocycles. The van der Waals surface area contributed by atoms with Gasteiger partial charge in [0.05, 0.1) is 6.10 Å². The Bertz CT molecular complexity index is 710. The van der Waals surface area contributed by atoms with Crippen LogP contribution in [-0.4, -0.2) is 11.0 Å². The molecule has 4 aliphatic carbocycles. The fourth-order valence-electron chi connectivity index (χ4n) is 9.53. The fraction of sp³-hybridized carbons (Fsp3) is 1.00. The largest absolute Gasteiger partial charge is 1.00 e. The van der Waals surface area contributed by atoms with Gasteiger partial charge < -0.3 is 14.3 Å². The molecule has 10 atom stereocenters. The zero-order chi connectivity index (χ0) is 23.3. The molecule has 0 heterocycles. The van der Waals surface area contributed by atoms with Crippen LogP contribution in [0.5, 0.6) is 0 Å². The number of hydrogen-bond acceptors (Lipinski definition) is 3. The van der Waals surface area contributed by atoms with E-state index in [2.05, 4.69) is 34.6 Å². The first kappa shape index (κ1) is 28.7. The van der Waals surface area contributed by atoms with E-state index < -0.39 is 7.82 Å². The summed E-state index contributed by atoms with van der Waals surface area (Å²) in [6.45, 7) is 12.4. The van der Waals surface area contributed by atoms with Crippen molar-refractivity contribution >= 4 is 7.82 Å². The molecule has 1 unspecified atom stereocenters. The van der Waals surface area contributed by atoms with Gasteiger partial charge >= 0.3 is 29.6 Å². The second-order valence-electron chi connectivity index (χ2n) is 13.2. The predicted molar refractivity (Wildman–Crippen MR) is 128 cm³/mol. The van der Waals surface area contributed by atoms with Crippen molar-refractivity contribution in [2.45, 2.75) is 118 Å². The van der Waals surface area contributed by atoms with E-state index in [1.54, 1.807) is 0 Å². The van der Waals surface area contributed by atoms with Crippen LogP contribution in [0.3, 0.4) is 0 Å². The van der Waals surface area contributed by atoms with Crippen molar-refractivity contribution in [3.63, 3.8) is 0 Å². The summed E-state index contributed by atoms with van der Waals surface area (Å²) in [5.41, 5.74) is 0.835. The standard InChI is InChI=1S/C27H49O4P.Na/c1-18(2)7-6-8-19(3)23-11-12-24-22-10-9-20-17-21(31-32(28,29)30)13-15-26(20,4)25(22)14-16-27(23,24)5;/h18-25H,6-17H2,1-5H3,(H2,28,29,30);/q;+1/p-1/t19-,20+,21-,22+,23-,24+,25+,26+,27-;/m1./s1. The Morgan fingerprint density at radius 1 is 0.970 bits per heavy atom. The number of hydrogen-bond donors (Lipinski definition) is 1. The Morgan fingerprint density at radius 2 is 1.64 bits per heavy atom. The van der Waals surface area contributed by atoms with E-state index in [1.807, 2.05) is 0 Å². The van der Waals surface area contributed by atoms with Gasteiger partial charge in [-0.25, -0.2) is 0 Å². The third-order valence-corrected chi connectivity index (χ3v) is 11.7. The zero-order valence-corrected chi connectivity index (χ0v) is 25.1. The van der Waals surface area contributed by atoms with Crippen LogP contribution >= 0.6 is 7.82 Å². The van der Waals surface area contributed by atoms with Crippen LogP contribution in [0.4, 0.5) is 0 Å². The van der Waals surface area contributed by atoms with E-state index >= 15 is 0 Å². The van der Waals surface area contributed by atoms with E-state index in [9.17, 15) is 14.4 Å². The molecule has 0 spiro atoms. The average molecular weight is 491 g/mol. The van der Waals surface area contributed by atoms with Gasteiger partial charge in [0.2, 0.25) is 0 Å². The maximum Gasteiger partial charge on any atom is 1.00 e. The molecule has 0 aromatic rings. The molecule has 4 nitrogen and oxygen atoms in total. The van der Waals surface area contributed by atoms with Crippen molar-refractivity contribution < 1.29 is 48.4 Å². The molecule has 33 heavy (non-hydrogen) atoms. The van der Waals surface area contributed by atoms with Crippen LogP contribution in [0.1, 0.15) is 112 Å². The maximum atomic E-state index is 11.3. The van der Waals surface area contributed by atoms with Crippen molar-refractivity contribution in [1.29, 1.82) is 0 Å². The monoisotopic (exact) mass is 490 g/mol. The normalized spacial score (nSPS) is 45.3. The number of fused-ring (bicyclic) bond motifs is 5. The van der Waals surface area contributed by atoms with Crippen molar-refractivity contribution in [1.82, 2.24) is 0 Å². The first-order valence-corrected chi connectivity index (χ1v) is 15.2. The third kappa shape index (κ3) is 5.83. The molecule has 4 rings (SSSR count). The van der Waals surface area contributed by atoms with Crippen LogP contribution in [-0.2, 0) is 9.09 Å². The average Bonchev–Trinajstić information content (AvgIpc) is 3.04. The molecular weight excluding hydrogens is 442 g/mol. The minimum atomic E-state index is -4.64. The molecule has 4 aliphatic rings. The summed E-state index contributed by atoms with van der Waals surface area (Å²) in [4.78, 5) is 20.5. The van der Waals surface area contributed by atoms with E-state index in [-0.39, 0.29) is 35.7 Å². The quantitative estimate of drug-likeness (QED) is 0.433. The summed E-state index contributed by atoms with van der Waals surface area (Å²) < 4.78 is 16.3. The summed E-state index contributed by atoms with van der Waals surface area (Å²) in [6.07, 6.45) is 14.5. The van der Waals surface area contributed by atoms with Gasteiger partial charge in [-0.1, -0.05) is 53.9 Å². The van der Waals surface area contributed by atoms with Crippen LogP contribution < -0.4 is 34.5 Å². The Kier molecular flexibility index (Phi) is 9.42. The molecule has 0 amide bonds. The topological polar surface area (TPSA) is 69.6 Å². The second-order valence-corrected chi connectivity index (χ2v) is 14.3. The molecule has 0 saturated heterocycles. The summed E-state index contributed by atoms with van der Waals surface area (Å²) in [5, 5.41) is 0. The SMILES string of the molecule is CC(C)CCC[C@@H](C)[C@H]1CC[C@H]2[C@@H]3CC[C@H]4C[C@H](OP(=O)([O-])O)CC[C@]4(C)[C@H]3CC[C@]12C.[Na+]. The molecule has 0 bridgehead atoms. The summed E-state index contributed by atoms with van der Waals surface area (Å²) in [5.74, 6) is 5.61. The van der Waals surface area contributed by atoms with Gasteiger partial charge in [0.1, 0.15) is 0 Å². The van der Waals surface area contributed by atoms with Crippen LogP contribution in [0.2, 0.25) is 0 Å². The number of rotatable bonds is 7. The Labute approximate surface area is 225 Å². The molecule has 6 heteroatoms. The predicted octanol–water partition coefficient (Wildman–Crippen LogP) is 3.96. The second kappa shape index (κ2) is 10.8. The summed E-state index contributed by atoms with van der Waals surface area (Å²) in [7, 11) is -4.64. The molecule has 4 saturated carbocycles. The molecule has 0 aromatic heterocycles. The van der Waals surface area contributed by atoms with Crippen molar-refractivity contribution in [2.24, 2.45) is 52.3 Å². The summed E-state index contributed by atoms with van der Waals surface area (Å²) in [6, 6.07) is 0. The smallest absolute Gasteiger partial charge is 0.756 e. The van der Waals surface area contributed by atoms with Crippen molar-refractivity contribution in [3.05, 3.63) is 0 Å². The molecule has 4 fully saturated rings. The van der Waals surface area contributed by atoms with Gasteiger partial charge in [-0.2, -0.15) is 0 Å². The van der Waals surface area contributed by atoms with E-state index in [1.165, 1.54) is 57.8 Å². The minimum absolute atomic E-state index is 0. The Balaban J connectivity index is 0.00000306. The zero-order valence-electron chi connectivity index (χ0n) is 22.2. The van der Waals surface area contributed by atoms with Crippen LogP contribution in [0, 0.1) is 52.3 Å². The molecule has 0 aliphatic heterocycles. The first-order chi connectivity index (χ1) is 14.9. The minimum Gasteiger partial charge on any atom is -0.756 e. The van der Waals surface area contributed by atoms with E-state index in [4.69, 9.17) is 4.52 Å². The van der Waals surface area contributed by atoms with Gasteiger partial charge in [-0.05, 0) is 110 Å². The van der Waals surface area contributed by atoms with Gasteiger partial charge in [0, 0.05) is 0 Å². The van der Waals surface area contributed by atoms with Crippen molar-refractivity contribution in [2.75, 3.05) is 0 Å². The fourth-order valence-corrected chi connectivity index (χ4v) is 10.1. The maximum absolute atomic E-state index is 11.3. The molecule has 1 N–H and O–H groups in total. The van der Waals surface area contributed by atoms with Gasteiger partial charge in [-0.3, -0.25) is 4.57 Å². The van der Waals surface area contributed by atoms with E-state index in [0.717, 1.165) is 54.8 Å². The summed E-state index contributed by atoms with van der Waals surface area (Å²) >= 11 is 0. The molecule has 0 radical (unpaired) electrons. The Morgan fingerprint density at radius 3 is 2.30 bits per heavy atom. The molecular formula is C27H48NaO4P. The van der Waals surface area contributed by atoms with Gasteiger partial charge in [-0.15, -0.1) is 0 Å². The number of phosphoric ester groups is 1. The van der Waals surface area contributed by atoms with E-state index in [0.29, 0.717) is 16.7 Å².